The molecule has 0 amide bonds. The zero-order valence-electron chi connectivity index (χ0n) is 8.49. The van der Waals surface area contributed by atoms with E-state index in [4.69, 9.17) is 9.79 Å². The van der Waals surface area contributed by atoms with Crippen LogP contribution in [0.1, 0.15) is 5.69 Å². The second kappa shape index (κ2) is 10.0. The lowest BCUT2D eigenvalue weighted by atomic mass is 10.4. The molecule has 2 unspecified atom stereocenters. The first-order valence-corrected chi connectivity index (χ1v) is 8.01. The summed E-state index contributed by atoms with van der Waals surface area (Å²) in [4.78, 5) is 19.6. The van der Waals surface area contributed by atoms with Crippen LogP contribution in [0.25, 0.3) is 0 Å². The topological polar surface area (TPSA) is 96.7 Å². The van der Waals surface area contributed by atoms with E-state index in [0.29, 0.717) is 0 Å². The maximum atomic E-state index is 9.44. The fraction of sp³-hybridized carbons (Fsp3) is 0.286. The van der Waals surface area contributed by atoms with Gasteiger partial charge in [0.1, 0.15) is 0 Å². The van der Waals surface area contributed by atoms with Gasteiger partial charge in [-0.3, -0.25) is 14.1 Å². The molecule has 0 aliphatic heterocycles. The molecule has 2 N–H and O–H groups in total. The number of hydrogen-bond acceptors (Lipinski definition) is 5. The van der Waals surface area contributed by atoms with Crippen LogP contribution in [0.15, 0.2) is 24.4 Å². The third kappa shape index (κ3) is 10.4. The highest BCUT2D eigenvalue weighted by Crippen LogP contribution is 2.30. The Morgan fingerprint density at radius 2 is 2.00 bits per heavy atom. The van der Waals surface area contributed by atoms with Crippen molar-refractivity contribution in [1.82, 2.24) is 4.98 Å². The Bertz CT molecular complexity index is 325. The molecule has 0 bridgehead atoms. The molecule has 6 nitrogen and oxygen atoms in total. The van der Waals surface area contributed by atoms with E-state index in [0.717, 1.165) is 11.4 Å². The van der Waals surface area contributed by atoms with Gasteiger partial charge in [-0.15, -0.1) is 0 Å². The fourth-order valence-corrected chi connectivity index (χ4v) is 1.77. The Morgan fingerprint density at radius 1 is 1.38 bits per heavy atom. The molecule has 1 aromatic heterocycles. The third-order valence-corrected chi connectivity index (χ3v) is 3.17. The van der Waals surface area contributed by atoms with Gasteiger partial charge in [0.15, 0.2) is 0 Å². The minimum absolute atomic E-state index is 1.01. The lowest BCUT2D eigenvalue weighted by Crippen LogP contribution is -1.81. The van der Waals surface area contributed by atoms with Gasteiger partial charge in [0.2, 0.25) is 0 Å². The van der Waals surface area contributed by atoms with Crippen LogP contribution in [0.5, 0.6) is 0 Å². The van der Waals surface area contributed by atoms with Crippen LogP contribution in [0, 0.1) is 0 Å². The number of thioether (sulfide) groups is 1. The standard InChI is InChI=1S/C7H9NS.H4O5P2/c1-9-6-7-4-2-3-5-8-7;1-6(2)5-7(3)4/h2-5H,6H2,1H3;6-7H,(H,1,2)(H,3,4). The molecule has 0 radical (unpaired) electrons. The van der Waals surface area contributed by atoms with Crippen molar-refractivity contribution in [3.05, 3.63) is 30.1 Å². The second-order valence-electron chi connectivity index (χ2n) is 2.39. The fourth-order valence-electron chi connectivity index (χ4n) is 0.706. The van der Waals surface area contributed by atoms with E-state index in [1.54, 1.807) is 11.8 Å². The molecule has 0 saturated heterocycles. The Labute approximate surface area is 99.0 Å². The van der Waals surface area contributed by atoms with E-state index >= 15 is 0 Å². The van der Waals surface area contributed by atoms with Crippen molar-refractivity contribution in [2.24, 2.45) is 0 Å². The number of hydrogen-bond donors (Lipinski definition) is 2. The van der Waals surface area contributed by atoms with E-state index in [1.165, 1.54) is 0 Å². The SMILES string of the molecule is CSCc1ccccn1.O=[PH](O)O[PH](=O)O. The summed E-state index contributed by atoms with van der Waals surface area (Å²) in [6, 6.07) is 5.98. The van der Waals surface area contributed by atoms with Crippen LogP contribution in [-0.4, -0.2) is 21.0 Å². The van der Waals surface area contributed by atoms with Gasteiger partial charge in [-0.25, -0.2) is 4.31 Å². The lowest BCUT2D eigenvalue weighted by molar-refractivity contribution is 0.371. The van der Waals surface area contributed by atoms with Crippen molar-refractivity contribution in [2.45, 2.75) is 5.75 Å². The third-order valence-electron chi connectivity index (χ3n) is 1.19. The summed E-state index contributed by atoms with van der Waals surface area (Å²) in [5.74, 6) is 1.01. The molecule has 92 valence electrons. The average Bonchev–Trinajstić information content (AvgIpc) is 2.18. The Hall–Kier alpha value is -0.160. The highest BCUT2D eigenvalue weighted by molar-refractivity contribution is 7.97. The normalized spacial score (nSPS) is 13.4. The monoisotopic (exact) mass is 285 g/mol. The molecule has 1 heterocycles. The van der Waals surface area contributed by atoms with Crippen molar-refractivity contribution in [1.29, 1.82) is 0 Å². The van der Waals surface area contributed by atoms with Crippen molar-refractivity contribution in [3.8, 4) is 0 Å². The molecule has 0 spiro atoms. The molecule has 0 aliphatic carbocycles. The summed E-state index contributed by atoms with van der Waals surface area (Å²) in [7, 11) is -6.40. The second-order valence-corrected chi connectivity index (χ2v) is 5.13. The first kappa shape index (κ1) is 15.8. The van der Waals surface area contributed by atoms with Crippen LogP contribution >= 0.6 is 28.3 Å². The van der Waals surface area contributed by atoms with E-state index in [9.17, 15) is 9.13 Å². The number of aromatic nitrogens is 1. The van der Waals surface area contributed by atoms with E-state index in [-0.39, 0.29) is 0 Å². The molecule has 0 fully saturated rings. The molecule has 9 heteroatoms. The number of rotatable bonds is 4. The molecule has 0 aliphatic rings. The van der Waals surface area contributed by atoms with Crippen LogP contribution < -0.4 is 0 Å². The number of pyridine rings is 1. The minimum Gasteiger partial charge on any atom is -0.326 e. The van der Waals surface area contributed by atoms with Gasteiger partial charge in [-0.2, -0.15) is 11.8 Å². The van der Waals surface area contributed by atoms with Gasteiger partial charge in [-0.1, -0.05) is 6.07 Å². The summed E-state index contributed by atoms with van der Waals surface area (Å²) in [6.07, 6.45) is 3.90. The zero-order valence-corrected chi connectivity index (χ0v) is 11.3. The smallest absolute Gasteiger partial charge is 0.323 e. The van der Waals surface area contributed by atoms with Gasteiger partial charge in [-0.05, 0) is 18.4 Å². The minimum atomic E-state index is -3.20. The van der Waals surface area contributed by atoms with Gasteiger partial charge >= 0.3 is 16.5 Å². The van der Waals surface area contributed by atoms with Crippen molar-refractivity contribution < 1.29 is 23.2 Å². The molecule has 0 saturated carbocycles. The Kier molecular flexibility index (Phi) is 9.92. The predicted molar refractivity (Wildman–Crippen MR) is 65.0 cm³/mol. The van der Waals surface area contributed by atoms with E-state index in [1.807, 2.05) is 24.4 Å². The Morgan fingerprint density at radius 3 is 2.31 bits per heavy atom. The molecule has 0 aromatic carbocycles. The van der Waals surface area contributed by atoms with Gasteiger partial charge < -0.3 is 9.79 Å². The molecule has 1 aromatic rings. The van der Waals surface area contributed by atoms with Crippen molar-refractivity contribution in [2.75, 3.05) is 6.26 Å². The van der Waals surface area contributed by atoms with Crippen LogP contribution in [0.3, 0.4) is 0 Å². The summed E-state index contributed by atoms with van der Waals surface area (Å²) >= 11 is 1.79. The Balaban J connectivity index is 0.000000293. The molecule has 16 heavy (non-hydrogen) atoms. The molecule has 2 atom stereocenters. The van der Waals surface area contributed by atoms with Gasteiger partial charge in [0, 0.05) is 11.9 Å². The maximum Gasteiger partial charge on any atom is 0.323 e. The summed E-state index contributed by atoms with van der Waals surface area (Å²) in [5, 5.41) is 0. The van der Waals surface area contributed by atoms with Gasteiger partial charge in [0.05, 0.1) is 5.69 Å². The maximum absolute atomic E-state index is 9.44. The van der Waals surface area contributed by atoms with Crippen LogP contribution in [0.4, 0.5) is 0 Å². The zero-order chi connectivity index (χ0) is 12.4. The highest BCUT2D eigenvalue weighted by atomic mass is 32.2. The van der Waals surface area contributed by atoms with Gasteiger partial charge in [0.25, 0.3) is 0 Å². The van der Waals surface area contributed by atoms with E-state index < -0.39 is 16.5 Å². The van der Waals surface area contributed by atoms with Crippen molar-refractivity contribution >= 4 is 28.3 Å². The van der Waals surface area contributed by atoms with Crippen molar-refractivity contribution in [3.63, 3.8) is 0 Å². The quantitative estimate of drug-likeness (QED) is 0.813. The molecule has 1 rings (SSSR count). The lowest BCUT2D eigenvalue weighted by Gasteiger charge is -1.92. The number of nitrogens with zero attached hydrogens (tertiary/aromatic N) is 1. The van der Waals surface area contributed by atoms with E-state index in [2.05, 4.69) is 15.6 Å². The first-order valence-electron chi connectivity index (χ1n) is 4.08. The largest absolute Gasteiger partial charge is 0.326 e. The first-order chi connectivity index (χ1) is 7.56. The average molecular weight is 285 g/mol. The summed E-state index contributed by atoms with van der Waals surface area (Å²) < 4.78 is 22.3. The predicted octanol–water partition coefficient (Wildman–Crippen LogP) is 1.71. The summed E-state index contributed by atoms with van der Waals surface area (Å²) in [5.41, 5.74) is 1.16. The van der Waals surface area contributed by atoms with Crippen LogP contribution in [-0.2, 0) is 19.2 Å². The van der Waals surface area contributed by atoms with Crippen LogP contribution in [0.2, 0.25) is 0 Å². The highest BCUT2D eigenvalue weighted by Gasteiger charge is 1.93. The summed E-state index contributed by atoms with van der Waals surface area (Å²) in [6.45, 7) is 0. The molecular formula is C7H13NO5P2S. The molecular weight excluding hydrogens is 272 g/mol.